The van der Waals surface area contributed by atoms with Crippen LogP contribution in [0.3, 0.4) is 0 Å². The highest BCUT2D eigenvalue weighted by Crippen LogP contribution is 2.25. The number of sulfone groups is 1. The summed E-state index contributed by atoms with van der Waals surface area (Å²) in [6.45, 7) is 7.03. The Kier molecular flexibility index (Phi) is 4.47. The van der Waals surface area contributed by atoms with Gasteiger partial charge in [-0.15, -0.1) is 0 Å². The van der Waals surface area contributed by atoms with Gasteiger partial charge in [0.2, 0.25) is 15.0 Å². The number of rotatable bonds is 4. The second kappa shape index (κ2) is 6.28. The fourth-order valence-electron chi connectivity index (χ4n) is 2.89. The molecular formula is C18H22N4O4S. The third-order valence-electron chi connectivity index (χ3n) is 4.22. The van der Waals surface area contributed by atoms with E-state index in [0.717, 1.165) is 6.26 Å². The Morgan fingerprint density at radius 1 is 1.22 bits per heavy atom. The quantitative estimate of drug-likeness (QED) is 0.681. The molecule has 0 fully saturated rings. The molecule has 0 saturated carbocycles. The van der Waals surface area contributed by atoms with E-state index < -0.39 is 15.4 Å². The zero-order valence-corrected chi connectivity index (χ0v) is 16.6. The van der Waals surface area contributed by atoms with Gasteiger partial charge in [-0.3, -0.25) is 4.79 Å². The van der Waals surface area contributed by atoms with Gasteiger partial charge in [-0.2, -0.15) is 4.98 Å². The molecule has 2 heterocycles. The fourth-order valence-corrected chi connectivity index (χ4v) is 3.39. The molecule has 0 unspecified atom stereocenters. The first-order valence-electron chi connectivity index (χ1n) is 8.45. The van der Waals surface area contributed by atoms with Crippen molar-refractivity contribution in [3.05, 3.63) is 46.4 Å². The van der Waals surface area contributed by atoms with Gasteiger partial charge in [0.25, 0.3) is 5.56 Å². The Morgan fingerprint density at radius 3 is 2.44 bits per heavy atom. The van der Waals surface area contributed by atoms with Crippen LogP contribution in [0, 0.1) is 0 Å². The summed E-state index contributed by atoms with van der Waals surface area (Å²) in [5, 5.41) is 10.2. The number of hydrogen-bond donors (Lipinski definition) is 1. The predicted molar refractivity (Wildman–Crippen MR) is 102 cm³/mol. The highest BCUT2D eigenvalue weighted by atomic mass is 32.2. The maximum atomic E-state index is 12.9. The van der Waals surface area contributed by atoms with Gasteiger partial charge in [0.1, 0.15) is 5.39 Å². The van der Waals surface area contributed by atoms with Crippen molar-refractivity contribution in [2.24, 2.45) is 0 Å². The first kappa shape index (κ1) is 19.2. The van der Waals surface area contributed by atoms with Crippen LogP contribution in [-0.4, -0.2) is 39.1 Å². The highest BCUT2D eigenvalue weighted by molar-refractivity contribution is 7.90. The summed E-state index contributed by atoms with van der Waals surface area (Å²) >= 11 is 0. The Bertz CT molecular complexity index is 1180. The van der Waals surface area contributed by atoms with Gasteiger partial charge < -0.3 is 5.11 Å². The summed E-state index contributed by atoms with van der Waals surface area (Å²) in [4.78, 5) is 20.9. The van der Waals surface area contributed by atoms with E-state index in [0.29, 0.717) is 11.3 Å². The number of fused-ring (bicyclic) bond motifs is 1. The second-order valence-corrected chi connectivity index (χ2v) is 9.24. The molecule has 1 aromatic carbocycles. The topological polar surface area (TPSA) is 107 Å². The van der Waals surface area contributed by atoms with Gasteiger partial charge in [0, 0.05) is 18.5 Å². The van der Waals surface area contributed by atoms with Crippen LogP contribution in [0.1, 0.15) is 39.3 Å². The SMILES string of the molecule is CC(C)n1c(=O)c2cnc(S(C)(=O)=O)nc2n1-c1cccc(C(C)(C)O)c1. The van der Waals surface area contributed by atoms with E-state index >= 15 is 0 Å². The summed E-state index contributed by atoms with van der Waals surface area (Å²) in [5.41, 5.74) is 0.0655. The summed E-state index contributed by atoms with van der Waals surface area (Å²) in [7, 11) is -3.64. The van der Waals surface area contributed by atoms with E-state index in [1.54, 1.807) is 42.8 Å². The molecule has 0 spiro atoms. The third-order valence-corrected chi connectivity index (χ3v) is 5.08. The zero-order valence-electron chi connectivity index (χ0n) is 15.8. The molecule has 3 rings (SSSR count). The number of nitrogens with zero attached hydrogens (tertiary/aromatic N) is 4. The molecule has 0 bridgehead atoms. The van der Waals surface area contributed by atoms with Crippen LogP contribution in [0.2, 0.25) is 0 Å². The highest BCUT2D eigenvalue weighted by Gasteiger charge is 2.23. The molecular weight excluding hydrogens is 368 g/mol. The molecule has 1 N–H and O–H groups in total. The van der Waals surface area contributed by atoms with E-state index in [-0.39, 0.29) is 27.8 Å². The molecule has 27 heavy (non-hydrogen) atoms. The zero-order chi connectivity index (χ0) is 20.1. The van der Waals surface area contributed by atoms with Gasteiger partial charge in [0.15, 0.2) is 5.65 Å². The monoisotopic (exact) mass is 390 g/mol. The van der Waals surface area contributed by atoms with Gasteiger partial charge in [-0.05, 0) is 45.4 Å². The standard InChI is InChI=1S/C18H22N4O4S/c1-11(2)21-16(23)14-10-19-17(27(5,25)26)20-15(14)22(21)13-8-6-7-12(9-13)18(3,4)24/h6-11,24H,1-5H3. The number of hydrogen-bond acceptors (Lipinski definition) is 6. The van der Waals surface area contributed by atoms with Gasteiger partial charge in [-0.25, -0.2) is 22.8 Å². The van der Waals surface area contributed by atoms with E-state index in [2.05, 4.69) is 9.97 Å². The minimum absolute atomic E-state index is 0.206. The fraction of sp³-hybridized carbons (Fsp3) is 0.389. The Labute approximate surface area is 157 Å². The van der Waals surface area contributed by atoms with Gasteiger partial charge >= 0.3 is 0 Å². The molecule has 0 amide bonds. The lowest BCUT2D eigenvalue weighted by molar-refractivity contribution is 0.0786. The maximum absolute atomic E-state index is 12.9. The van der Waals surface area contributed by atoms with Crippen LogP contribution in [-0.2, 0) is 15.4 Å². The largest absolute Gasteiger partial charge is 0.386 e. The van der Waals surface area contributed by atoms with E-state index in [9.17, 15) is 18.3 Å². The van der Waals surface area contributed by atoms with Crippen LogP contribution in [0.15, 0.2) is 40.4 Å². The molecule has 0 aliphatic rings. The van der Waals surface area contributed by atoms with Gasteiger partial charge in [-0.1, -0.05) is 12.1 Å². The Hall–Kier alpha value is -2.52. The molecule has 8 nitrogen and oxygen atoms in total. The molecule has 9 heteroatoms. The minimum Gasteiger partial charge on any atom is -0.386 e. The van der Waals surface area contributed by atoms with Gasteiger partial charge in [0.05, 0.1) is 11.3 Å². The lowest BCUT2D eigenvalue weighted by Gasteiger charge is -2.20. The van der Waals surface area contributed by atoms with Crippen LogP contribution in [0.5, 0.6) is 0 Å². The van der Waals surface area contributed by atoms with Crippen molar-refractivity contribution in [1.82, 2.24) is 19.3 Å². The van der Waals surface area contributed by atoms with Crippen LogP contribution in [0.25, 0.3) is 16.7 Å². The molecule has 2 aromatic heterocycles. The third kappa shape index (κ3) is 3.40. The molecule has 0 aliphatic heterocycles. The van der Waals surface area contributed by atoms with Crippen molar-refractivity contribution in [2.45, 2.75) is 44.5 Å². The Morgan fingerprint density at radius 2 is 1.89 bits per heavy atom. The maximum Gasteiger partial charge on any atom is 0.278 e. The molecule has 0 atom stereocenters. The second-order valence-electron chi connectivity index (χ2n) is 7.33. The summed E-state index contributed by atoms with van der Waals surface area (Å²) < 4.78 is 26.8. The molecule has 3 aromatic rings. The van der Waals surface area contributed by atoms with Crippen molar-refractivity contribution in [2.75, 3.05) is 6.26 Å². The lowest BCUT2D eigenvalue weighted by atomic mass is 9.98. The first-order valence-corrected chi connectivity index (χ1v) is 10.3. The minimum atomic E-state index is -3.64. The molecule has 0 aliphatic carbocycles. The Balaban J connectivity index is 2.44. The smallest absolute Gasteiger partial charge is 0.278 e. The van der Waals surface area contributed by atoms with Crippen LogP contribution < -0.4 is 5.56 Å². The summed E-state index contributed by atoms with van der Waals surface area (Å²) in [6, 6.07) is 6.86. The van der Waals surface area contributed by atoms with Crippen molar-refractivity contribution in [1.29, 1.82) is 0 Å². The lowest BCUT2D eigenvalue weighted by Crippen LogP contribution is -2.24. The van der Waals surface area contributed by atoms with E-state index in [1.165, 1.54) is 10.9 Å². The van der Waals surface area contributed by atoms with Crippen molar-refractivity contribution in [3.63, 3.8) is 0 Å². The molecule has 0 saturated heterocycles. The molecule has 0 radical (unpaired) electrons. The number of benzene rings is 1. The number of aromatic nitrogens is 4. The summed E-state index contributed by atoms with van der Waals surface area (Å²) in [6.07, 6.45) is 2.27. The van der Waals surface area contributed by atoms with E-state index in [1.807, 2.05) is 13.8 Å². The normalized spacial score (nSPS) is 12.9. The van der Waals surface area contributed by atoms with Crippen molar-refractivity contribution >= 4 is 20.9 Å². The molecule has 144 valence electrons. The summed E-state index contributed by atoms with van der Waals surface area (Å²) in [5.74, 6) is 0. The first-order chi connectivity index (χ1) is 12.4. The van der Waals surface area contributed by atoms with Crippen LogP contribution in [0.4, 0.5) is 0 Å². The predicted octanol–water partition coefficient (Wildman–Crippen LogP) is 1.79. The van der Waals surface area contributed by atoms with Crippen LogP contribution >= 0.6 is 0 Å². The van der Waals surface area contributed by atoms with Crippen molar-refractivity contribution in [3.8, 4) is 5.69 Å². The average molecular weight is 390 g/mol. The van der Waals surface area contributed by atoms with E-state index in [4.69, 9.17) is 0 Å². The average Bonchev–Trinajstić information content (AvgIpc) is 2.86. The number of aliphatic hydroxyl groups is 1. The van der Waals surface area contributed by atoms with Crippen molar-refractivity contribution < 1.29 is 13.5 Å².